The van der Waals surface area contributed by atoms with Gasteiger partial charge in [0.1, 0.15) is 0 Å². The number of rotatable bonds is 2. The van der Waals surface area contributed by atoms with Crippen LogP contribution < -0.4 is 0 Å². The van der Waals surface area contributed by atoms with Gasteiger partial charge in [-0.15, -0.1) is 0 Å². The van der Waals surface area contributed by atoms with E-state index in [1.165, 1.54) is 0 Å². The van der Waals surface area contributed by atoms with Crippen LogP contribution >= 0.6 is 31.9 Å². The number of aromatic nitrogens is 1. The minimum Gasteiger partial charge on any atom is -0.381 e. The molecular formula is C11H13Br2NO. The molecule has 2 nitrogen and oxygen atoms in total. The molecule has 2 heterocycles. The molecule has 1 aromatic rings. The van der Waals surface area contributed by atoms with E-state index in [4.69, 9.17) is 4.74 Å². The first-order valence-electron chi connectivity index (χ1n) is 5.08. The number of hydrogen-bond donors (Lipinski definition) is 0. The maximum Gasteiger partial charge on any atom is 0.0508 e. The van der Waals surface area contributed by atoms with Crippen LogP contribution in [0.2, 0.25) is 0 Å². The van der Waals surface area contributed by atoms with Gasteiger partial charge >= 0.3 is 0 Å². The standard InChI is InChI=1S/C11H13Br2NO/c12-9-1-2-10(14-6-9)5-8-7-15-4-3-11(8)13/h1-2,6,8,11H,3-5,7H2. The molecule has 1 saturated heterocycles. The summed E-state index contributed by atoms with van der Waals surface area (Å²) < 4.78 is 6.51. The molecule has 0 N–H and O–H groups in total. The summed E-state index contributed by atoms with van der Waals surface area (Å²) in [5, 5.41) is 0. The second-order valence-corrected chi connectivity index (χ2v) is 5.90. The van der Waals surface area contributed by atoms with Crippen molar-refractivity contribution in [3.63, 3.8) is 0 Å². The Morgan fingerprint density at radius 2 is 2.33 bits per heavy atom. The summed E-state index contributed by atoms with van der Waals surface area (Å²) in [6, 6.07) is 4.10. The molecule has 0 bridgehead atoms. The van der Waals surface area contributed by atoms with Crippen molar-refractivity contribution in [2.75, 3.05) is 13.2 Å². The Labute approximate surface area is 107 Å². The third kappa shape index (κ3) is 3.26. The van der Waals surface area contributed by atoms with Crippen molar-refractivity contribution in [2.45, 2.75) is 17.7 Å². The fourth-order valence-corrected chi connectivity index (χ4v) is 2.51. The first-order chi connectivity index (χ1) is 7.25. The van der Waals surface area contributed by atoms with Gasteiger partial charge in [-0.1, -0.05) is 15.9 Å². The maximum absolute atomic E-state index is 5.48. The second kappa shape index (κ2) is 5.41. The molecule has 4 heteroatoms. The number of pyridine rings is 1. The van der Waals surface area contributed by atoms with Gasteiger partial charge in [0.25, 0.3) is 0 Å². The van der Waals surface area contributed by atoms with Crippen LogP contribution in [-0.2, 0) is 11.2 Å². The fraction of sp³-hybridized carbons (Fsp3) is 0.545. The minimum atomic E-state index is 0.549. The number of ether oxygens (including phenoxy) is 1. The van der Waals surface area contributed by atoms with Crippen LogP contribution in [0.4, 0.5) is 0 Å². The molecule has 1 aromatic heterocycles. The quantitative estimate of drug-likeness (QED) is 0.775. The molecule has 0 saturated carbocycles. The van der Waals surface area contributed by atoms with E-state index in [0.717, 1.165) is 36.2 Å². The Hall–Kier alpha value is 0.0700. The molecule has 2 unspecified atom stereocenters. The first-order valence-corrected chi connectivity index (χ1v) is 6.79. The van der Waals surface area contributed by atoms with Crippen molar-refractivity contribution in [1.29, 1.82) is 0 Å². The molecular weight excluding hydrogens is 322 g/mol. The van der Waals surface area contributed by atoms with Crippen LogP contribution in [0.15, 0.2) is 22.8 Å². The molecule has 1 fully saturated rings. The van der Waals surface area contributed by atoms with Crippen molar-refractivity contribution in [3.8, 4) is 0 Å². The zero-order valence-corrected chi connectivity index (χ0v) is 11.5. The molecule has 0 radical (unpaired) electrons. The summed E-state index contributed by atoms with van der Waals surface area (Å²) in [4.78, 5) is 4.95. The summed E-state index contributed by atoms with van der Waals surface area (Å²) in [7, 11) is 0. The maximum atomic E-state index is 5.48. The molecule has 15 heavy (non-hydrogen) atoms. The van der Waals surface area contributed by atoms with Crippen LogP contribution in [0.1, 0.15) is 12.1 Å². The first kappa shape index (κ1) is 11.6. The smallest absolute Gasteiger partial charge is 0.0508 e. The summed E-state index contributed by atoms with van der Waals surface area (Å²) in [5.74, 6) is 0.549. The van der Waals surface area contributed by atoms with E-state index in [2.05, 4.69) is 42.9 Å². The lowest BCUT2D eigenvalue weighted by molar-refractivity contribution is 0.0602. The Bertz CT molecular complexity index is 315. The van der Waals surface area contributed by atoms with Gasteiger partial charge in [0.15, 0.2) is 0 Å². The topological polar surface area (TPSA) is 22.1 Å². The van der Waals surface area contributed by atoms with E-state index < -0.39 is 0 Å². The van der Waals surface area contributed by atoms with E-state index in [0.29, 0.717) is 10.7 Å². The lowest BCUT2D eigenvalue weighted by atomic mass is 9.96. The molecule has 0 amide bonds. The van der Waals surface area contributed by atoms with Crippen LogP contribution in [0, 0.1) is 5.92 Å². The molecule has 0 aliphatic carbocycles. The molecule has 1 aliphatic rings. The number of alkyl halides is 1. The molecule has 0 spiro atoms. The van der Waals surface area contributed by atoms with Crippen molar-refractivity contribution in [2.24, 2.45) is 5.92 Å². The van der Waals surface area contributed by atoms with Gasteiger partial charge in [-0.25, -0.2) is 0 Å². The van der Waals surface area contributed by atoms with Crippen molar-refractivity contribution in [3.05, 3.63) is 28.5 Å². The Morgan fingerprint density at radius 1 is 1.47 bits per heavy atom. The lowest BCUT2D eigenvalue weighted by Gasteiger charge is -2.27. The highest BCUT2D eigenvalue weighted by molar-refractivity contribution is 9.10. The molecule has 1 aliphatic heterocycles. The molecule has 0 aromatic carbocycles. The summed E-state index contributed by atoms with van der Waals surface area (Å²) in [6.45, 7) is 1.72. The van der Waals surface area contributed by atoms with E-state index in [9.17, 15) is 0 Å². The van der Waals surface area contributed by atoms with Crippen LogP contribution in [0.5, 0.6) is 0 Å². The molecule has 2 rings (SSSR count). The van der Waals surface area contributed by atoms with Gasteiger partial charge < -0.3 is 4.74 Å². The van der Waals surface area contributed by atoms with Crippen molar-refractivity contribution >= 4 is 31.9 Å². The monoisotopic (exact) mass is 333 g/mol. The van der Waals surface area contributed by atoms with Gasteiger partial charge in [0, 0.05) is 33.7 Å². The Kier molecular flexibility index (Phi) is 4.17. The van der Waals surface area contributed by atoms with E-state index in [1.807, 2.05) is 12.3 Å². The van der Waals surface area contributed by atoms with Gasteiger partial charge in [-0.2, -0.15) is 0 Å². The van der Waals surface area contributed by atoms with Crippen LogP contribution in [0.25, 0.3) is 0 Å². The third-order valence-corrected chi connectivity index (χ3v) is 4.32. The van der Waals surface area contributed by atoms with Gasteiger partial charge in [-0.3, -0.25) is 4.98 Å². The Balaban J connectivity index is 1.98. The summed E-state index contributed by atoms with van der Waals surface area (Å²) in [5.41, 5.74) is 1.14. The van der Waals surface area contributed by atoms with Crippen LogP contribution in [0.3, 0.4) is 0 Å². The van der Waals surface area contributed by atoms with E-state index >= 15 is 0 Å². The third-order valence-electron chi connectivity index (χ3n) is 2.64. The Morgan fingerprint density at radius 3 is 3.00 bits per heavy atom. The van der Waals surface area contributed by atoms with Crippen LogP contribution in [-0.4, -0.2) is 23.0 Å². The highest BCUT2D eigenvalue weighted by Crippen LogP contribution is 2.25. The molecule has 2 atom stereocenters. The molecule has 82 valence electrons. The highest BCUT2D eigenvalue weighted by atomic mass is 79.9. The highest BCUT2D eigenvalue weighted by Gasteiger charge is 2.23. The lowest BCUT2D eigenvalue weighted by Crippen LogP contribution is -2.29. The largest absolute Gasteiger partial charge is 0.381 e. The van der Waals surface area contributed by atoms with Gasteiger partial charge in [-0.05, 0) is 40.9 Å². The van der Waals surface area contributed by atoms with E-state index in [-0.39, 0.29) is 0 Å². The summed E-state index contributed by atoms with van der Waals surface area (Å²) in [6.07, 6.45) is 3.94. The fourth-order valence-electron chi connectivity index (χ4n) is 1.75. The average molecular weight is 335 g/mol. The van der Waals surface area contributed by atoms with Crippen molar-refractivity contribution in [1.82, 2.24) is 4.98 Å². The minimum absolute atomic E-state index is 0.549. The predicted molar refractivity (Wildman–Crippen MR) is 67.3 cm³/mol. The number of hydrogen-bond acceptors (Lipinski definition) is 2. The van der Waals surface area contributed by atoms with Gasteiger partial charge in [0.2, 0.25) is 0 Å². The summed E-state index contributed by atoms with van der Waals surface area (Å²) >= 11 is 7.10. The predicted octanol–water partition coefficient (Wildman–Crippen LogP) is 3.19. The zero-order valence-electron chi connectivity index (χ0n) is 8.33. The normalized spacial score (nSPS) is 26.5. The van der Waals surface area contributed by atoms with E-state index in [1.54, 1.807) is 0 Å². The SMILES string of the molecule is Brc1ccc(CC2COCCC2Br)nc1. The zero-order chi connectivity index (χ0) is 10.7. The average Bonchev–Trinajstić information content (AvgIpc) is 2.25. The van der Waals surface area contributed by atoms with Crippen molar-refractivity contribution < 1.29 is 4.74 Å². The number of halogens is 2. The van der Waals surface area contributed by atoms with Gasteiger partial charge in [0.05, 0.1) is 6.61 Å². The second-order valence-electron chi connectivity index (χ2n) is 3.81. The number of nitrogens with zero attached hydrogens (tertiary/aromatic N) is 1.